The molecule has 1 saturated heterocycles. The van der Waals surface area contributed by atoms with Gasteiger partial charge in [-0.15, -0.1) is 0 Å². The van der Waals surface area contributed by atoms with Crippen LogP contribution in [0.15, 0.2) is 30.3 Å². The SMILES string of the molecule is c1ccc(COC[C@@H]2CCSN2)cc1. The number of hydrogen-bond donors (Lipinski definition) is 1. The summed E-state index contributed by atoms with van der Waals surface area (Å²) >= 11 is 1.80. The summed E-state index contributed by atoms with van der Waals surface area (Å²) in [5.41, 5.74) is 1.25. The Labute approximate surface area is 89.2 Å². The number of rotatable bonds is 4. The third kappa shape index (κ3) is 3.01. The van der Waals surface area contributed by atoms with Crippen LogP contribution < -0.4 is 4.72 Å². The Kier molecular flexibility index (Phi) is 3.86. The summed E-state index contributed by atoms with van der Waals surface area (Å²) in [6, 6.07) is 10.8. The highest BCUT2D eigenvalue weighted by Gasteiger charge is 2.14. The second-order valence-corrected chi connectivity index (χ2v) is 4.39. The molecule has 0 aromatic heterocycles. The van der Waals surface area contributed by atoms with Gasteiger partial charge in [-0.05, 0) is 12.0 Å². The zero-order valence-corrected chi connectivity index (χ0v) is 8.93. The van der Waals surface area contributed by atoms with Gasteiger partial charge < -0.3 is 4.74 Å². The third-order valence-electron chi connectivity index (χ3n) is 2.25. The van der Waals surface area contributed by atoms with Gasteiger partial charge >= 0.3 is 0 Å². The van der Waals surface area contributed by atoms with Crippen molar-refractivity contribution in [2.75, 3.05) is 12.4 Å². The fourth-order valence-corrected chi connectivity index (χ4v) is 2.39. The van der Waals surface area contributed by atoms with Gasteiger partial charge in [0.1, 0.15) is 0 Å². The molecule has 1 aliphatic rings. The fraction of sp³-hybridized carbons (Fsp3) is 0.455. The molecule has 0 unspecified atom stereocenters. The van der Waals surface area contributed by atoms with E-state index in [1.165, 1.54) is 17.7 Å². The molecule has 0 aliphatic carbocycles. The Balaban J connectivity index is 1.67. The summed E-state index contributed by atoms with van der Waals surface area (Å²) in [6.45, 7) is 1.55. The number of nitrogens with one attached hydrogen (secondary N) is 1. The fourth-order valence-electron chi connectivity index (χ4n) is 1.45. The molecular weight excluding hydrogens is 194 g/mol. The second-order valence-electron chi connectivity index (χ2n) is 3.45. The first kappa shape index (κ1) is 10.0. The van der Waals surface area contributed by atoms with Crippen molar-refractivity contribution >= 4 is 11.9 Å². The van der Waals surface area contributed by atoms with E-state index in [0.29, 0.717) is 6.04 Å². The lowest BCUT2D eigenvalue weighted by Gasteiger charge is -2.09. The second kappa shape index (κ2) is 5.39. The van der Waals surface area contributed by atoms with E-state index in [1.807, 2.05) is 18.2 Å². The molecule has 3 heteroatoms. The maximum Gasteiger partial charge on any atom is 0.0717 e. The zero-order chi connectivity index (χ0) is 9.64. The maximum atomic E-state index is 5.63. The molecule has 2 nitrogen and oxygen atoms in total. The molecule has 1 aromatic rings. The first-order chi connectivity index (χ1) is 6.95. The highest BCUT2D eigenvalue weighted by molar-refractivity contribution is 7.97. The lowest BCUT2D eigenvalue weighted by atomic mass is 10.2. The molecule has 14 heavy (non-hydrogen) atoms. The van der Waals surface area contributed by atoms with Crippen LogP contribution in [0, 0.1) is 0 Å². The average molecular weight is 209 g/mol. The molecule has 1 fully saturated rings. The van der Waals surface area contributed by atoms with Crippen molar-refractivity contribution < 1.29 is 4.74 Å². The van der Waals surface area contributed by atoms with Crippen molar-refractivity contribution in [1.82, 2.24) is 4.72 Å². The quantitative estimate of drug-likeness (QED) is 0.768. The molecular formula is C11H15NOS. The van der Waals surface area contributed by atoms with Crippen LogP contribution in [0.5, 0.6) is 0 Å². The van der Waals surface area contributed by atoms with E-state index in [9.17, 15) is 0 Å². The minimum absolute atomic E-state index is 0.545. The standard InChI is InChI=1S/C11H15NOS/c1-2-4-10(5-3-1)8-13-9-11-6-7-14-12-11/h1-5,11-12H,6-9H2/t11-/m0/s1. The van der Waals surface area contributed by atoms with Crippen molar-refractivity contribution in [2.24, 2.45) is 0 Å². The van der Waals surface area contributed by atoms with Crippen LogP contribution in [-0.2, 0) is 11.3 Å². The van der Waals surface area contributed by atoms with Gasteiger partial charge in [0.15, 0.2) is 0 Å². The topological polar surface area (TPSA) is 21.3 Å². The van der Waals surface area contributed by atoms with Gasteiger partial charge in [-0.3, -0.25) is 4.72 Å². The highest BCUT2D eigenvalue weighted by atomic mass is 32.2. The Morgan fingerprint density at radius 2 is 2.21 bits per heavy atom. The number of benzene rings is 1. The number of ether oxygens (including phenoxy) is 1. The summed E-state index contributed by atoms with van der Waals surface area (Å²) in [6.07, 6.45) is 1.22. The van der Waals surface area contributed by atoms with Gasteiger partial charge in [-0.2, -0.15) is 0 Å². The van der Waals surface area contributed by atoms with Crippen molar-refractivity contribution in [3.05, 3.63) is 35.9 Å². The highest BCUT2D eigenvalue weighted by Crippen LogP contribution is 2.13. The van der Waals surface area contributed by atoms with Gasteiger partial charge in [0, 0.05) is 11.8 Å². The van der Waals surface area contributed by atoms with Crippen molar-refractivity contribution in [2.45, 2.75) is 19.1 Å². The lowest BCUT2D eigenvalue weighted by Crippen LogP contribution is -2.23. The predicted octanol–water partition coefficient (Wildman–Crippen LogP) is 2.21. The zero-order valence-electron chi connectivity index (χ0n) is 8.11. The minimum Gasteiger partial charge on any atom is -0.375 e. The van der Waals surface area contributed by atoms with Crippen LogP contribution in [0.2, 0.25) is 0 Å². The minimum atomic E-state index is 0.545. The van der Waals surface area contributed by atoms with Gasteiger partial charge in [0.2, 0.25) is 0 Å². The third-order valence-corrected chi connectivity index (χ3v) is 3.19. The van der Waals surface area contributed by atoms with E-state index >= 15 is 0 Å². The summed E-state index contributed by atoms with van der Waals surface area (Å²) in [5.74, 6) is 1.21. The number of hydrogen-bond acceptors (Lipinski definition) is 3. The Bertz CT molecular complexity index is 259. The van der Waals surface area contributed by atoms with E-state index in [2.05, 4.69) is 16.9 Å². The van der Waals surface area contributed by atoms with Gasteiger partial charge in [0.25, 0.3) is 0 Å². The van der Waals surface area contributed by atoms with Crippen molar-refractivity contribution in [3.63, 3.8) is 0 Å². The van der Waals surface area contributed by atoms with E-state index in [0.717, 1.165) is 13.2 Å². The van der Waals surface area contributed by atoms with Gasteiger partial charge in [-0.25, -0.2) is 0 Å². The van der Waals surface area contributed by atoms with Gasteiger partial charge in [-0.1, -0.05) is 42.3 Å². The first-order valence-electron chi connectivity index (χ1n) is 4.94. The maximum absolute atomic E-state index is 5.63. The Hall–Kier alpha value is -0.510. The van der Waals surface area contributed by atoms with Gasteiger partial charge in [0.05, 0.1) is 13.2 Å². The molecule has 0 bridgehead atoms. The van der Waals surface area contributed by atoms with Crippen LogP contribution >= 0.6 is 11.9 Å². The molecule has 0 radical (unpaired) electrons. The summed E-state index contributed by atoms with van der Waals surface area (Å²) in [5, 5.41) is 0. The van der Waals surface area contributed by atoms with Crippen LogP contribution in [0.1, 0.15) is 12.0 Å². The summed E-state index contributed by atoms with van der Waals surface area (Å²) < 4.78 is 8.96. The van der Waals surface area contributed by atoms with Crippen molar-refractivity contribution in [1.29, 1.82) is 0 Å². The predicted molar refractivity (Wildman–Crippen MR) is 60.1 cm³/mol. The molecule has 1 atom stereocenters. The molecule has 0 saturated carbocycles. The molecule has 76 valence electrons. The first-order valence-corrected chi connectivity index (χ1v) is 5.93. The molecule has 1 aromatic carbocycles. The van der Waals surface area contributed by atoms with Crippen LogP contribution in [0.25, 0.3) is 0 Å². The molecule has 1 heterocycles. The summed E-state index contributed by atoms with van der Waals surface area (Å²) in [4.78, 5) is 0. The average Bonchev–Trinajstić information content (AvgIpc) is 2.72. The Morgan fingerprint density at radius 3 is 2.93 bits per heavy atom. The molecule has 0 spiro atoms. The smallest absolute Gasteiger partial charge is 0.0717 e. The molecule has 0 amide bonds. The molecule has 1 aliphatic heterocycles. The monoisotopic (exact) mass is 209 g/mol. The van der Waals surface area contributed by atoms with E-state index < -0.39 is 0 Å². The molecule has 1 N–H and O–H groups in total. The largest absolute Gasteiger partial charge is 0.375 e. The van der Waals surface area contributed by atoms with Crippen molar-refractivity contribution in [3.8, 4) is 0 Å². The van der Waals surface area contributed by atoms with E-state index in [4.69, 9.17) is 4.74 Å². The van der Waals surface area contributed by atoms with E-state index in [1.54, 1.807) is 11.9 Å². The normalized spacial score (nSPS) is 21.3. The van der Waals surface area contributed by atoms with Crippen LogP contribution in [0.3, 0.4) is 0 Å². The lowest BCUT2D eigenvalue weighted by molar-refractivity contribution is 0.106. The summed E-state index contributed by atoms with van der Waals surface area (Å²) in [7, 11) is 0. The van der Waals surface area contributed by atoms with Crippen LogP contribution in [0.4, 0.5) is 0 Å². The Morgan fingerprint density at radius 1 is 1.36 bits per heavy atom. The van der Waals surface area contributed by atoms with Crippen LogP contribution in [-0.4, -0.2) is 18.4 Å². The van der Waals surface area contributed by atoms with E-state index in [-0.39, 0.29) is 0 Å². The molecule has 2 rings (SSSR count).